The van der Waals surface area contributed by atoms with Crippen molar-refractivity contribution in [1.29, 1.82) is 5.26 Å². The van der Waals surface area contributed by atoms with Gasteiger partial charge in [-0.05, 0) is 42.8 Å². The number of aryl methyl sites for hydroxylation is 1. The molecule has 100 valence electrons. The third kappa shape index (κ3) is 3.06. The van der Waals surface area contributed by atoms with Crippen LogP contribution in [0, 0.1) is 18.3 Å². The predicted octanol–water partition coefficient (Wildman–Crippen LogP) is 3.09. The Balaban J connectivity index is 2.07. The summed E-state index contributed by atoms with van der Waals surface area (Å²) in [5, 5.41) is 14.1. The monoisotopic (exact) mass is 266 g/mol. The third-order valence-corrected chi connectivity index (χ3v) is 2.82. The van der Waals surface area contributed by atoms with E-state index < -0.39 is 0 Å². The molecule has 20 heavy (non-hydrogen) atoms. The standard InChI is InChI=1S/C15H14N4O/c1-10-3-2-4-13(17)14(10)19-15(20)18-12-7-5-11(9-16)6-8-12/h2-8H,17H2,1H3,(H2,18,19,20). The molecule has 0 heterocycles. The van der Waals surface area contributed by atoms with Crippen molar-refractivity contribution in [3.63, 3.8) is 0 Å². The van der Waals surface area contributed by atoms with E-state index in [2.05, 4.69) is 10.6 Å². The maximum absolute atomic E-state index is 11.9. The van der Waals surface area contributed by atoms with Crippen LogP contribution in [0.2, 0.25) is 0 Å². The molecule has 5 nitrogen and oxygen atoms in total. The number of hydrogen-bond donors (Lipinski definition) is 3. The van der Waals surface area contributed by atoms with Gasteiger partial charge in [0.2, 0.25) is 0 Å². The fraction of sp³-hybridized carbons (Fsp3) is 0.0667. The molecule has 0 fully saturated rings. The summed E-state index contributed by atoms with van der Waals surface area (Å²) in [5.74, 6) is 0. The lowest BCUT2D eigenvalue weighted by atomic mass is 10.1. The number of carbonyl (C=O) groups is 1. The zero-order chi connectivity index (χ0) is 14.5. The molecule has 0 bridgehead atoms. The van der Waals surface area contributed by atoms with E-state index in [1.807, 2.05) is 25.1 Å². The van der Waals surface area contributed by atoms with Crippen LogP contribution in [-0.2, 0) is 0 Å². The molecule has 0 aliphatic carbocycles. The van der Waals surface area contributed by atoms with Gasteiger partial charge in [0.05, 0.1) is 23.0 Å². The van der Waals surface area contributed by atoms with Crippen LogP contribution in [-0.4, -0.2) is 6.03 Å². The van der Waals surface area contributed by atoms with Gasteiger partial charge in [0, 0.05) is 5.69 Å². The van der Waals surface area contributed by atoms with Crippen molar-refractivity contribution in [3.8, 4) is 6.07 Å². The number of urea groups is 1. The highest BCUT2D eigenvalue weighted by Crippen LogP contribution is 2.22. The van der Waals surface area contributed by atoms with E-state index in [0.717, 1.165) is 5.56 Å². The molecule has 0 saturated heterocycles. The second-order valence-electron chi connectivity index (χ2n) is 4.31. The van der Waals surface area contributed by atoms with Gasteiger partial charge in [0.25, 0.3) is 0 Å². The second kappa shape index (κ2) is 5.76. The molecule has 2 rings (SSSR count). The zero-order valence-corrected chi connectivity index (χ0v) is 11.0. The lowest BCUT2D eigenvalue weighted by molar-refractivity contribution is 0.262. The number of nitriles is 1. The number of rotatable bonds is 2. The summed E-state index contributed by atoms with van der Waals surface area (Å²) < 4.78 is 0. The molecule has 2 aromatic rings. The first-order valence-electron chi connectivity index (χ1n) is 6.03. The van der Waals surface area contributed by atoms with Crippen molar-refractivity contribution in [1.82, 2.24) is 0 Å². The molecule has 2 amide bonds. The molecule has 0 aliphatic rings. The van der Waals surface area contributed by atoms with Gasteiger partial charge >= 0.3 is 6.03 Å². The number of anilines is 3. The Hall–Kier alpha value is -3.00. The molecule has 0 aliphatic heterocycles. The summed E-state index contributed by atoms with van der Waals surface area (Å²) in [6.07, 6.45) is 0. The Kier molecular flexibility index (Phi) is 3.87. The van der Waals surface area contributed by atoms with E-state index in [0.29, 0.717) is 22.6 Å². The quantitative estimate of drug-likeness (QED) is 0.729. The van der Waals surface area contributed by atoms with Crippen LogP contribution in [0.3, 0.4) is 0 Å². The highest BCUT2D eigenvalue weighted by Gasteiger charge is 2.07. The average Bonchev–Trinajstić information content (AvgIpc) is 2.44. The summed E-state index contributed by atoms with van der Waals surface area (Å²) in [6.45, 7) is 1.87. The number of amides is 2. The number of nitrogen functional groups attached to an aromatic ring is 1. The van der Waals surface area contributed by atoms with E-state index >= 15 is 0 Å². The number of nitrogens with one attached hydrogen (secondary N) is 2. The van der Waals surface area contributed by atoms with Gasteiger partial charge in [-0.1, -0.05) is 12.1 Å². The zero-order valence-electron chi connectivity index (χ0n) is 11.0. The summed E-state index contributed by atoms with van der Waals surface area (Å²) in [7, 11) is 0. The van der Waals surface area contributed by atoms with Gasteiger partial charge in [0.15, 0.2) is 0 Å². The van der Waals surface area contributed by atoms with Crippen LogP contribution in [0.1, 0.15) is 11.1 Å². The number of carbonyl (C=O) groups excluding carboxylic acids is 1. The lowest BCUT2D eigenvalue weighted by Gasteiger charge is -2.12. The molecule has 0 atom stereocenters. The number of nitrogens with zero attached hydrogens (tertiary/aromatic N) is 1. The molecule has 0 unspecified atom stereocenters. The second-order valence-corrected chi connectivity index (χ2v) is 4.31. The van der Waals surface area contributed by atoms with Crippen molar-refractivity contribution >= 4 is 23.1 Å². The van der Waals surface area contributed by atoms with Crippen LogP contribution in [0.4, 0.5) is 21.9 Å². The third-order valence-electron chi connectivity index (χ3n) is 2.82. The maximum Gasteiger partial charge on any atom is 0.323 e. The van der Waals surface area contributed by atoms with Crippen molar-refractivity contribution in [3.05, 3.63) is 53.6 Å². The molecule has 4 N–H and O–H groups in total. The number of para-hydroxylation sites is 1. The number of nitrogens with two attached hydrogens (primary N) is 1. The molecule has 0 aromatic heterocycles. The van der Waals surface area contributed by atoms with E-state index in [9.17, 15) is 4.79 Å². The van der Waals surface area contributed by atoms with Crippen molar-refractivity contribution in [2.45, 2.75) is 6.92 Å². The molecule has 5 heteroatoms. The lowest BCUT2D eigenvalue weighted by Crippen LogP contribution is -2.20. The van der Waals surface area contributed by atoms with E-state index in [1.165, 1.54) is 0 Å². The van der Waals surface area contributed by atoms with Crippen LogP contribution in [0.5, 0.6) is 0 Å². The van der Waals surface area contributed by atoms with Crippen LogP contribution in [0.25, 0.3) is 0 Å². The van der Waals surface area contributed by atoms with Gasteiger partial charge < -0.3 is 16.4 Å². The molecule has 2 aromatic carbocycles. The Labute approximate surface area is 117 Å². The predicted molar refractivity (Wildman–Crippen MR) is 79.4 cm³/mol. The molecule has 0 saturated carbocycles. The highest BCUT2D eigenvalue weighted by atomic mass is 16.2. The Morgan fingerprint density at radius 2 is 1.85 bits per heavy atom. The number of hydrogen-bond acceptors (Lipinski definition) is 3. The van der Waals surface area contributed by atoms with Crippen molar-refractivity contribution in [2.24, 2.45) is 0 Å². The first-order chi connectivity index (χ1) is 9.60. The smallest absolute Gasteiger partial charge is 0.323 e. The van der Waals surface area contributed by atoms with Gasteiger partial charge in [0.1, 0.15) is 0 Å². The SMILES string of the molecule is Cc1cccc(N)c1NC(=O)Nc1ccc(C#N)cc1. The van der Waals surface area contributed by atoms with Crippen LogP contribution >= 0.6 is 0 Å². The van der Waals surface area contributed by atoms with E-state index in [-0.39, 0.29) is 6.03 Å². The van der Waals surface area contributed by atoms with Crippen LogP contribution < -0.4 is 16.4 Å². The minimum atomic E-state index is -0.379. The fourth-order valence-corrected chi connectivity index (χ4v) is 1.77. The van der Waals surface area contributed by atoms with Gasteiger partial charge in [-0.2, -0.15) is 5.26 Å². The van der Waals surface area contributed by atoms with Crippen molar-refractivity contribution in [2.75, 3.05) is 16.4 Å². The summed E-state index contributed by atoms with van der Waals surface area (Å²) in [5.41, 5.74) is 8.97. The van der Waals surface area contributed by atoms with E-state index in [4.69, 9.17) is 11.0 Å². The molecular formula is C15H14N4O. The Morgan fingerprint density at radius 3 is 2.45 bits per heavy atom. The minimum Gasteiger partial charge on any atom is -0.397 e. The maximum atomic E-state index is 11.9. The van der Waals surface area contributed by atoms with E-state index in [1.54, 1.807) is 30.3 Å². The normalized spacial score (nSPS) is 9.60. The average molecular weight is 266 g/mol. The summed E-state index contributed by atoms with van der Waals surface area (Å²) in [4.78, 5) is 11.9. The van der Waals surface area contributed by atoms with Gasteiger partial charge in [-0.3, -0.25) is 0 Å². The minimum absolute atomic E-state index is 0.379. The molecule has 0 radical (unpaired) electrons. The largest absolute Gasteiger partial charge is 0.397 e. The first-order valence-corrected chi connectivity index (χ1v) is 6.03. The summed E-state index contributed by atoms with van der Waals surface area (Å²) >= 11 is 0. The molecule has 0 spiro atoms. The Bertz CT molecular complexity index is 651. The molecular weight excluding hydrogens is 252 g/mol. The first kappa shape index (κ1) is 13.4. The Morgan fingerprint density at radius 1 is 1.15 bits per heavy atom. The highest BCUT2D eigenvalue weighted by molar-refractivity contribution is 6.02. The van der Waals surface area contributed by atoms with Crippen molar-refractivity contribution < 1.29 is 4.79 Å². The van der Waals surface area contributed by atoms with Gasteiger partial charge in [-0.15, -0.1) is 0 Å². The topological polar surface area (TPSA) is 90.9 Å². The van der Waals surface area contributed by atoms with Crippen LogP contribution in [0.15, 0.2) is 42.5 Å². The fourth-order valence-electron chi connectivity index (χ4n) is 1.77. The van der Waals surface area contributed by atoms with Gasteiger partial charge in [-0.25, -0.2) is 4.79 Å². The number of benzene rings is 2. The summed E-state index contributed by atoms with van der Waals surface area (Å²) in [6, 6.07) is 13.7.